The van der Waals surface area contributed by atoms with Crippen LogP contribution in [0.4, 0.5) is 0 Å². The fraction of sp³-hybridized carbons (Fsp3) is 0.263. The zero-order valence-corrected chi connectivity index (χ0v) is 12.5. The molecular weight excluding hydrogens is 290 g/mol. The van der Waals surface area contributed by atoms with Gasteiger partial charge in [-0.2, -0.15) is 0 Å². The number of carbonyl (C=O) groups excluding carboxylic acids is 1. The Labute approximate surface area is 134 Å². The van der Waals surface area contributed by atoms with Gasteiger partial charge >= 0.3 is 5.97 Å². The van der Waals surface area contributed by atoms with Crippen molar-refractivity contribution < 1.29 is 14.7 Å². The minimum absolute atomic E-state index is 0.0376. The second-order valence-corrected chi connectivity index (χ2v) is 6.37. The van der Waals surface area contributed by atoms with Crippen LogP contribution in [0.25, 0.3) is 0 Å². The van der Waals surface area contributed by atoms with Crippen molar-refractivity contribution in [2.45, 2.75) is 24.8 Å². The van der Waals surface area contributed by atoms with Crippen molar-refractivity contribution in [3.63, 3.8) is 0 Å². The zero-order valence-electron chi connectivity index (χ0n) is 12.5. The molecule has 116 valence electrons. The van der Waals surface area contributed by atoms with E-state index in [1.165, 1.54) is 17.2 Å². The first-order chi connectivity index (χ1) is 11.1. The Morgan fingerprint density at radius 2 is 1.96 bits per heavy atom. The third kappa shape index (κ3) is 2.50. The molecule has 2 aromatic rings. The van der Waals surface area contributed by atoms with E-state index in [1.54, 1.807) is 18.2 Å². The third-order valence-corrected chi connectivity index (χ3v) is 4.90. The summed E-state index contributed by atoms with van der Waals surface area (Å²) in [6, 6.07) is 15.2. The number of fused-ring (bicyclic) bond motifs is 3. The van der Waals surface area contributed by atoms with E-state index in [2.05, 4.69) is 29.6 Å². The van der Waals surface area contributed by atoms with Crippen molar-refractivity contribution in [2.24, 2.45) is 5.92 Å². The average molecular weight is 307 g/mol. The van der Waals surface area contributed by atoms with Gasteiger partial charge in [-0.15, -0.1) is 0 Å². The maximum absolute atomic E-state index is 12.2. The second-order valence-electron chi connectivity index (χ2n) is 6.37. The molecule has 4 nitrogen and oxygen atoms in total. The van der Waals surface area contributed by atoms with Crippen LogP contribution in [0.5, 0.6) is 0 Å². The van der Waals surface area contributed by atoms with Gasteiger partial charge in [-0.3, -0.25) is 4.79 Å². The molecule has 1 saturated carbocycles. The van der Waals surface area contributed by atoms with Crippen LogP contribution in [0.1, 0.15) is 33.0 Å². The first kappa shape index (κ1) is 14.0. The van der Waals surface area contributed by atoms with Crippen LogP contribution >= 0.6 is 0 Å². The SMILES string of the molecule is O=C(Cc1cccc(C(=O)O)c1)NC1C2Cc3ccccc3C21. The quantitative estimate of drug-likeness (QED) is 0.911. The van der Waals surface area contributed by atoms with Crippen LogP contribution in [-0.2, 0) is 17.6 Å². The number of carboxylic acid groups (broad SMARTS) is 1. The molecule has 1 fully saturated rings. The number of nitrogens with one attached hydrogen (secondary N) is 1. The van der Waals surface area contributed by atoms with E-state index in [4.69, 9.17) is 5.11 Å². The molecule has 0 bridgehead atoms. The Balaban J connectivity index is 1.39. The lowest BCUT2D eigenvalue weighted by Crippen LogP contribution is -2.30. The molecule has 2 N–H and O–H groups in total. The Kier molecular flexibility index (Phi) is 3.18. The molecule has 0 spiro atoms. The molecule has 1 amide bonds. The summed E-state index contributed by atoms with van der Waals surface area (Å²) >= 11 is 0. The highest BCUT2D eigenvalue weighted by molar-refractivity contribution is 5.88. The number of benzene rings is 2. The first-order valence-corrected chi connectivity index (χ1v) is 7.83. The molecule has 4 heteroatoms. The number of amides is 1. The number of carboxylic acids is 1. The minimum Gasteiger partial charge on any atom is -0.478 e. The van der Waals surface area contributed by atoms with Crippen molar-refractivity contribution in [3.05, 3.63) is 70.8 Å². The molecule has 0 aromatic heterocycles. The summed E-state index contributed by atoms with van der Waals surface area (Å²) in [6.45, 7) is 0. The summed E-state index contributed by atoms with van der Waals surface area (Å²) in [7, 11) is 0. The molecular formula is C19H17NO3. The van der Waals surface area contributed by atoms with Gasteiger partial charge in [0.25, 0.3) is 0 Å². The van der Waals surface area contributed by atoms with Crippen molar-refractivity contribution >= 4 is 11.9 Å². The molecule has 0 radical (unpaired) electrons. The van der Waals surface area contributed by atoms with Crippen molar-refractivity contribution in [1.29, 1.82) is 0 Å². The number of aromatic carboxylic acids is 1. The molecule has 2 aliphatic carbocycles. The molecule has 23 heavy (non-hydrogen) atoms. The molecule has 0 saturated heterocycles. The zero-order chi connectivity index (χ0) is 16.0. The molecule has 0 aliphatic heterocycles. The molecule has 2 aliphatic rings. The summed E-state index contributed by atoms with van der Waals surface area (Å²) in [6.07, 6.45) is 1.26. The van der Waals surface area contributed by atoms with Gasteiger partial charge in [0, 0.05) is 12.0 Å². The number of rotatable bonds is 4. The third-order valence-electron chi connectivity index (χ3n) is 4.90. The maximum Gasteiger partial charge on any atom is 0.335 e. The van der Waals surface area contributed by atoms with E-state index in [0.29, 0.717) is 11.8 Å². The van der Waals surface area contributed by atoms with Crippen LogP contribution in [0, 0.1) is 5.92 Å². The van der Waals surface area contributed by atoms with E-state index in [0.717, 1.165) is 12.0 Å². The van der Waals surface area contributed by atoms with Crippen molar-refractivity contribution in [1.82, 2.24) is 5.32 Å². The van der Waals surface area contributed by atoms with Gasteiger partial charge in [-0.1, -0.05) is 36.4 Å². The Morgan fingerprint density at radius 3 is 2.78 bits per heavy atom. The fourth-order valence-electron chi connectivity index (χ4n) is 3.78. The largest absolute Gasteiger partial charge is 0.478 e. The maximum atomic E-state index is 12.2. The van der Waals surface area contributed by atoms with E-state index in [9.17, 15) is 9.59 Å². The lowest BCUT2D eigenvalue weighted by Gasteiger charge is -2.10. The normalized spacial score (nSPS) is 23.7. The minimum atomic E-state index is -0.972. The topological polar surface area (TPSA) is 66.4 Å². The van der Waals surface area contributed by atoms with Gasteiger partial charge in [0.05, 0.1) is 12.0 Å². The highest BCUT2D eigenvalue weighted by Crippen LogP contribution is 2.56. The summed E-state index contributed by atoms with van der Waals surface area (Å²) in [5.41, 5.74) is 3.72. The Hall–Kier alpha value is -2.62. The van der Waals surface area contributed by atoms with E-state index < -0.39 is 5.97 Å². The highest BCUT2D eigenvalue weighted by Gasteiger charge is 2.56. The summed E-state index contributed by atoms with van der Waals surface area (Å²) in [5, 5.41) is 12.1. The lowest BCUT2D eigenvalue weighted by atomic mass is 10.0. The van der Waals surface area contributed by atoms with Gasteiger partial charge in [0.15, 0.2) is 0 Å². The highest BCUT2D eigenvalue weighted by atomic mass is 16.4. The van der Waals surface area contributed by atoms with Gasteiger partial charge in [0.1, 0.15) is 0 Å². The molecule has 4 rings (SSSR count). The van der Waals surface area contributed by atoms with Crippen LogP contribution in [0.3, 0.4) is 0 Å². The second kappa shape index (κ2) is 5.23. The van der Waals surface area contributed by atoms with Crippen molar-refractivity contribution in [3.8, 4) is 0 Å². The average Bonchev–Trinajstić information content (AvgIpc) is 3.04. The van der Waals surface area contributed by atoms with Crippen LogP contribution in [-0.4, -0.2) is 23.0 Å². The van der Waals surface area contributed by atoms with E-state index in [-0.39, 0.29) is 23.9 Å². The molecule has 2 aromatic carbocycles. The fourth-order valence-corrected chi connectivity index (χ4v) is 3.78. The van der Waals surface area contributed by atoms with Crippen LogP contribution < -0.4 is 5.32 Å². The Morgan fingerprint density at radius 1 is 1.13 bits per heavy atom. The van der Waals surface area contributed by atoms with Gasteiger partial charge in [-0.05, 0) is 41.2 Å². The Bertz CT molecular complexity index is 799. The first-order valence-electron chi connectivity index (χ1n) is 7.83. The van der Waals surface area contributed by atoms with E-state index >= 15 is 0 Å². The van der Waals surface area contributed by atoms with Crippen LogP contribution in [0.2, 0.25) is 0 Å². The van der Waals surface area contributed by atoms with Gasteiger partial charge < -0.3 is 10.4 Å². The standard InChI is InChI=1S/C19H17NO3/c21-16(9-11-4-3-6-13(8-11)19(22)23)20-18-15-10-12-5-1-2-7-14(12)17(15)18/h1-8,15,17-18H,9-10H2,(H,20,21)(H,22,23). The van der Waals surface area contributed by atoms with Crippen LogP contribution in [0.15, 0.2) is 48.5 Å². The lowest BCUT2D eigenvalue weighted by molar-refractivity contribution is -0.120. The predicted molar refractivity (Wildman–Crippen MR) is 85.4 cm³/mol. The summed E-state index contributed by atoms with van der Waals surface area (Å²) < 4.78 is 0. The summed E-state index contributed by atoms with van der Waals surface area (Å²) in [4.78, 5) is 23.2. The molecule has 0 heterocycles. The number of carbonyl (C=O) groups is 2. The molecule has 3 atom stereocenters. The molecule has 3 unspecified atom stereocenters. The van der Waals surface area contributed by atoms with E-state index in [1.807, 2.05) is 0 Å². The van der Waals surface area contributed by atoms with Gasteiger partial charge in [0.2, 0.25) is 5.91 Å². The number of hydrogen-bond acceptors (Lipinski definition) is 2. The monoisotopic (exact) mass is 307 g/mol. The summed E-state index contributed by atoms with van der Waals surface area (Å²) in [5.74, 6) is -0.0211. The van der Waals surface area contributed by atoms with Crippen molar-refractivity contribution in [2.75, 3.05) is 0 Å². The smallest absolute Gasteiger partial charge is 0.335 e. The van der Waals surface area contributed by atoms with Gasteiger partial charge in [-0.25, -0.2) is 4.79 Å². The number of hydrogen-bond donors (Lipinski definition) is 2. The predicted octanol–water partition coefficient (Wildman–Crippen LogP) is 2.38.